The minimum Gasteiger partial charge on any atom is -0.477 e. The Bertz CT molecular complexity index is 1440. The number of aliphatic hydroxyl groups excluding tert-OH is 13. The van der Waals surface area contributed by atoms with Gasteiger partial charge in [0.1, 0.15) is 98.1 Å². The molecule has 2 amide bonds. The van der Waals surface area contributed by atoms with Gasteiger partial charge in [-0.1, -0.05) is 0 Å². The zero-order chi connectivity index (χ0) is 46.2. The molecular weight excluding hydrogens is 850 g/mol. The van der Waals surface area contributed by atoms with Crippen molar-refractivity contribution in [2.75, 3.05) is 46.2 Å². The van der Waals surface area contributed by atoms with Gasteiger partial charge >= 0.3 is 5.97 Å². The van der Waals surface area contributed by atoms with E-state index in [9.17, 15) is 85.9 Å². The molecule has 0 aromatic carbocycles. The third-order valence-corrected chi connectivity index (χ3v) is 10.7. The fourth-order valence-corrected chi connectivity index (χ4v) is 7.46. The molecule has 0 bridgehead atoms. The smallest absolute Gasteiger partial charge is 0.364 e. The van der Waals surface area contributed by atoms with Crippen molar-refractivity contribution in [3.8, 4) is 0 Å². The quantitative estimate of drug-likeness (QED) is 0.0504. The number of carboxylic acid groups (broad SMARTS) is 1. The van der Waals surface area contributed by atoms with Crippen molar-refractivity contribution in [2.45, 2.75) is 148 Å². The molecule has 4 heterocycles. The van der Waals surface area contributed by atoms with Crippen LogP contribution in [0.5, 0.6) is 0 Å². The molecule has 4 saturated heterocycles. The van der Waals surface area contributed by atoms with Crippen molar-refractivity contribution >= 4 is 17.8 Å². The second kappa shape index (κ2) is 23.1. The van der Waals surface area contributed by atoms with Crippen LogP contribution >= 0.6 is 0 Å². The van der Waals surface area contributed by atoms with Gasteiger partial charge in [-0.25, -0.2) is 4.79 Å². The number of carboxylic acids is 1. The number of aliphatic carboxylic acids is 1. The number of carbonyl (C=O) groups is 3. The van der Waals surface area contributed by atoms with E-state index >= 15 is 0 Å². The van der Waals surface area contributed by atoms with E-state index in [0.29, 0.717) is 6.42 Å². The lowest BCUT2D eigenvalue weighted by Crippen LogP contribution is -2.72. The van der Waals surface area contributed by atoms with Crippen molar-refractivity contribution in [2.24, 2.45) is 5.73 Å². The lowest BCUT2D eigenvalue weighted by molar-refractivity contribution is -0.400. The molecule has 0 radical (unpaired) electrons. The largest absolute Gasteiger partial charge is 0.477 e. The minimum atomic E-state index is -3.28. The Morgan fingerprint density at radius 1 is 0.742 bits per heavy atom. The number of hydrogen-bond donors (Lipinski definition) is 17. The van der Waals surface area contributed by atoms with E-state index in [-0.39, 0.29) is 13.2 Å². The van der Waals surface area contributed by atoms with Crippen LogP contribution in [0.4, 0.5) is 0 Å². The fraction of sp³-hybridized carbons (Fsp3) is 0.912. The summed E-state index contributed by atoms with van der Waals surface area (Å²) in [6.07, 6.45) is -36.5. The van der Waals surface area contributed by atoms with Crippen molar-refractivity contribution in [1.82, 2.24) is 10.6 Å². The second-order valence-corrected chi connectivity index (χ2v) is 15.1. The molecule has 0 saturated carbocycles. The molecule has 4 aliphatic rings. The molecule has 18 N–H and O–H groups in total. The summed E-state index contributed by atoms with van der Waals surface area (Å²) in [6.45, 7) is -4.15. The number of hydrogen-bond acceptors (Lipinski definition) is 25. The highest BCUT2D eigenvalue weighted by atomic mass is 16.8. The van der Waals surface area contributed by atoms with Gasteiger partial charge in [0, 0.05) is 13.3 Å². The Balaban J connectivity index is 1.80. The van der Waals surface area contributed by atoms with E-state index in [2.05, 4.69) is 10.6 Å². The Labute approximate surface area is 352 Å². The van der Waals surface area contributed by atoms with Crippen molar-refractivity contribution in [3.05, 3.63) is 0 Å². The Morgan fingerprint density at radius 2 is 1.34 bits per heavy atom. The maximum Gasteiger partial charge on any atom is 0.364 e. The maximum absolute atomic E-state index is 13.3. The SMILES string of the molecule is CC(=O)NC1C(OC2C(CO)OC(OC3C(CO)OC(OCCCN)C(O)C3O)C(O)C2OC2(C(=O)O)CC(O)C(NC(=O)CO)C(C(O)C(O)CO)O2)OC(CO)C(O)C1O. The second-order valence-electron chi connectivity index (χ2n) is 15.1. The Morgan fingerprint density at radius 3 is 1.90 bits per heavy atom. The van der Waals surface area contributed by atoms with Crippen molar-refractivity contribution in [1.29, 1.82) is 0 Å². The van der Waals surface area contributed by atoms with E-state index in [4.69, 9.17) is 43.6 Å². The predicted molar refractivity (Wildman–Crippen MR) is 193 cm³/mol. The first-order chi connectivity index (χ1) is 29.3. The molecule has 0 aromatic rings. The molecule has 4 fully saturated rings. The van der Waals surface area contributed by atoms with Crippen molar-refractivity contribution in [3.63, 3.8) is 0 Å². The molecule has 28 nitrogen and oxygen atoms in total. The topological polar surface area (TPSA) is 458 Å². The predicted octanol–water partition coefficient (Wildman–Crippen LogP) is -10.9. The lowest BCUT2D eigenvalue weighted by atomic mass is 9.88. The van der Waals surface area contributed by atoms with Crippen LogP contribution in [0.15, 0.2) is 0 Å². The number of aliphatic hydroxyl groups is 13. The van der Waals surface area contributed by atoms with Gasteiger partial charge in [0.15, 0.2) is 18.9 Å². The van der Waals surface area contributed by atoms with Gasteiger partial charge in [-0.3, -0.25) is 9.59 Å². The number of rotatable bonds is 20. The molecular formula is C34H59N3O25. The molecule has 21 unspecified atom stereocenters. The molecule has 4 rings (SSSR count). The van der Waals surface area contributed by atoms with Gasteiger partial charge < -0.3 is 126 Å². The average molecular weight is 910 g/mol. The van der Waals surface area contributed by atoms with Crippen molar-refractivity contribution < 1.29 is 124 Å². The van der Waals surface area contributed by atoms with Crippen LogP contribution in [-0.4, -0.2) is 264 Å². The standard InChI is InChI=1S/C34H59N3O25/c1-11(43)36-19-22(49)21(48)14(7-39)56-30(19)60-27-16(9-41)58-32(59-26-15(8-40)57-31(24(51)23(26)50)55-4-2-3-35)25(52)29(27)62-34(33(53)54)5-12(44)18(37-17(46)10-42)28(61-34)20(47)13(45)6-38/h12-16,18-32,38-42,44-45,47-52H,2-10,35H2,1H3,(H,36,43)(H,37,46)(H,53,54). The van der Waals surface area contributed by atoms with Crippen LogP contribution in [0.2, 0.25) is 0 Å². The van der Waals surface area contributed by atoms with E-state index in [1.807, 2.05) is 0 Å². The molecule has 360 valence electrons. The summed E-state index contributed by atoms with van der Waals surface area (Å²) in [5.41, 5.74) is 5.47. The van der Waals surface area contributed by atoms with E-state index in [1.165, 1.54) is 0 Å². The number of ether oxygens (including phenoxy) is 8. The molecule has 0 aliphatic carbocycles. The summed E-state index contributed by atoms with van der Waals surface area (Å²) >= 11 is 0. The van der Waals surface area contributed by atoms with Gasteiger partial charge in [0.05, 0.1) is 45.2 Å². The van der Waals surface area contributed by atoms with Crippen LogP contribution in [0, 0.1) is 0 Å². The highest BCUT2D eigenvalue weighted by Gasteiger charge is 2.61. The average Bonchev–Trinajstić information content (AvgIpc) is 3.24. The van der Waals surface area contributed by atoms with Crippen LogP contribution in [0.3, 0.4) is 0 Å². The molecule has 0 aromatic heterocycles. The van der Waals surface area contributed by atoms with Gasteiger partial charge in [-0.05, 0) is 13.0 Å². The highest BCUT2D eigenvalue weighted by molar-refractivity contribution is 5.78. The number of amides is 2. The molecule has 0 spiro atoms. The van der Waals surface area contributed by atoms with Gasteiger partial charge in [0.25, 0.3) is 5.79 Å². The van der Waals surface area contributed by atoms with Crippen LogP contribution in [0.1, 0.15) is 19.8 Å². The van der Waals surface area contributed by atoms with Crippen LogP contribution in [-0.2, 0) is 52.3 Å². The molecule has 28 heteroatoms. The third-order valence-electron chi connectivity index (χ3n) is 10.7. The normalized spacial score (nSPS) is 42.4. The summed E-state index contributed by atoms with van der Waals surface area (Å²) in [5, 5.41) is 153. The Hall–Kier alpha value is -2.47. The highest BCUT2D eigenvalue weighted by Crippen LogP contribution is 2.40. The zero-order valence-electron chi connectivity index (χ0n) is 33.2. The summed E-state index contributed by atoms with van der Waals surface area (Å²) in [6, 6.07) is -3.51. The zero-order valence-corrected chi connectivity index (χ0v) is 33.2. The molecule has 21 atom stereocenters. The summed E-state index contributed by atoms with van der Waals surface area (Å²) in [4.78, 5) is 37.7. The monoisotopic (exact) mass is 909 g/mol. The summed E-state index contributed by atoms with van der Waals surface area (Å²) in [5.74, 6) is -7.37. The summed E-state index contributed by atoms with van der Waals surface area (Å²) in [7, 11) is 0. The molecule has 4 aliphatic heterocycles. The van der Waals surface area contributed by atoms with E-state index in [1.54, 1.807) is 0 Å². The number of carbonyl (C=O) groups excluding carboxylic acids is 2. The summed E-state index contributed by atoms with van der Waals surface area (Å²) < 4.78 is 46.0. The first-order valence-electron chi connectivity index (χ1n) is 19.6. The first-order valence-corrected chi connectivity index (χ1v) is 19.6. The number of nitrogens with two attached hydrogens (primary N) is 1. The fourth-order valence-electron chi connectivity index (χ4n) is 7.46. The first kappa shape index (κ1) is 52.2. The lowest BCUT2D eigenvalue weighted by Gasteiger charge is -2.52. The van der Waals surface area contributed by atoms with Gasteiger partial charge in [0.2, 0.25) is 11.8 Å². The van der Waals surface area contributed by atoms with Crippen LogP contribution in [0.25, 0.3) is 0 Å². The molecule has 62 heavy (non-hydrogen) atoms. The van der Waals surface area contributed by atoms with Gasteiger partial charge in [-0.15, -0.1) is 0 Å². The third kappa shape index (κ3) is 11.7. The minimum absolute atomic E-state index is 0.0340. The van der Waals surface area contributed by atoms with E-state index < -0.39 is 186 Å². The Kier molecular flexibility index (Phi) is 19.5. The number of nitrogens with one attached hydrogen (secondary N) is 2. The maximum atomic E-state index is 13.3. The van der Waals surface area contributed by atoms with Gasteiger partial charge in [-0.2, -0.15) is 0 Å². The van der Waals surface area contributed by atoms with Crippen LogP contribution < -0.4 is 16.4 Å². The van der Waals surface area contributed by atoms with E-state index in [0.717, 1.165) is 6.92 Å².